The van der Waals surface area contributed by atoms with Gasteiger partial charge in [-0.2, -0.15) is 5.10 Å². The van der Waals surface area contributed by atoms with E-state index in [9.17, 15) is 9.59 Å². The number of thiazole rings is 1. The summed E-state index contributed by atoms with van der Waals surface area (Å²) in [5.74, 6) is 0.180. The van der Waals surface area contributed by atoms with Crippen molar-refractivity contribution in [1.29, 1.82) is 0 Å². The molecule has 3 aromatic rings. The van der Waals surface area contributed by atoms with Gasteiger partial charge in [-0.3, -0.25) is 9.59 Å². The largest absolute Gasteiger partial charge is 0.300 e. The molecule has 0 aromatic carbocycles. The van der Waals surface area contributed by atoms with Crippen LogP contribution in [-0.2, 0) is 24.2 Å². The van der Waals surface area contributed by atoms with E-state index >= 15 is 0 Å². The van der Waals surface area contributed by atoms with Gasteiger partial charge in [-0.05, 0) is 51.7 Å². The van der Waals surface area contributed by atoms with E-state index in [0.29, 0.717) is 10.9 Å². The van der Waals surface area contributed by atoms with Crippen LogP contribution >= 0.6 is 11.3 Å². The van der Waals surface area contributed by atoms with Crippen LogP contribution in [0.25, 0.3) is 5.82 Å². The molecule has 4 rings (SSSR count). The first-order valence-corrected chi connectivity index (χ1v) is 9.71. The standard InChI is InChI=1S/C18H20N6O2S/c1-11-9-12(2)24(21-11)15-7-8-17(26)23(22-15)10-16(25)20-18-19-13-5-3-4-6-14(13)27-18/h7-9H,3-6,10H2,1-2H3,(H,19,20,25). The van der Waals surface area contributed by atoms with Gasteiger partial charge in [0.05, 0.1) is 11.4 Å². The smallest absolute Gasteiger partial charge is 0.267 e. The first-order valence-electron chi connectivity index (χ1n) is 8.90. The van der Waals surface area contributed by atoms with E-state index in [2.05, 4.69) is 20.5 Å². The van der Waals surface area contributed by atoms with Gasteiger partial charge in [0.1, 0.15) is 6.54 Å². The zero-order valence-corrected chi connectivity index (χ0v) is 16.0. The maximum atomic E-state index is 12.4. The summed E-state index contributed by atoms with van der Waals surface area (Å²) < 4.78 is 2.80. The number of aryl methyl sites for hydroxylation is 4. The topological polar surface area (TPSA) is 94.7 Å². The van der Waals surface area contributed by atoms with Crippen molar-refractivity contribution in [3.8, 4) is 5.82 Å². The van der Waals surface area contributed by atoms with Gasteiger partial charge in [0.15, 0.2) is 10.9 Å². The summed E-state index contributed by atoms with van der Waals surface area (Å²) in [6.45, 7) is 3.63. The summed E-state index contributed by atoms with van der Waals surface area (Å²) in [5, 5.41) is 12.0. The van der Waals surface area contributed by atoms with E-state index in [0.717, 1.165) is 41.0 Å². The highest BCUT2D eigenvalue weighted by molar-refractivity contribution is 7.15. The lowest BCUT2D eigenvalue weighted by atomic mass is 10.0. The highest BCUT2D eigenvalue weighted by Gasteiger charge is 2.17. The third-order valence-corrected chi connectivity index (χ3v) is 5.54. The quantitative estimate of drug-likeness (QED) is 0.743. The summed E-state index contributed by atoms with van der Waals surface area (Å²) in [6.07, 6.45) is 4.30. The zero-order chi connectivity index (χ0) is 19.0. The lowest BCUT2D eigenvalue weighted by Gasteiger charge is -2.08. The molecule has 1 amide bonds. The molecule has 0 radical (unpaired) electrons. The van der Waals surface area contributed by atoms with Crippen molar-refractivity contribution in [3.05, 3.63) is 50.5 Å². The van der Waals surface area contributed by atoms with E-state index in [1.807, 2.05) is 19.9 Å². The Balaban J connectivity index is 1.52. The maximum absolute atomic E-state index is 12.4. The second-order valence-corrected chi connectivity index (χ2v) is 7.75. The molecule has 9 heteroatoms. The van der Waals surface area contributed by atoms with Gasteiger partial charge < -0.3 is 5.32 Å². The number of carbonyl (C=O) groups is 1. The number of fused-ring (bicyclic) bond motifs is 1. The van der Waals surface area contributed by atoms with Gasteiger partial charge in [0, 0.05) is 16.6 Å². The lowest BCUT2D eigenvalue weighted by molar-refractivity contribution is -0.117. The Bertz CT molecular complexity index is 1040. The molecule has 0 unspecified atom stereocenters. The van der Waals surface area contributed by atoms with Gasteiger partial charge in [0.2, 0.25) is 5.91 Å². The lowest BCUT2D eigenvalue weighted by Crippen LogP contribution is -2.30. The van der Waals surface area contributed by atoms with E-state index in [1.165, 1.54) is 28.7 Å². The number of amides is 1. The molecule has 0 saturated carbocycles. The van der Waals surface area contributed by atoms with Gasteiger partial charge in [-0.1, -0.05) is 0 Å². The first kappa shape index (κ1) is 17.6. The normalized spacial score (nSPS) is 13.4. The van der Waals surface area contributed by atoms with E-state index in [4.69, 9.17) is 0 Å². The Hall–Kier alpha value is -2.81. The number of aromatic nitrogens is 5. The monoisotopic (exact) mass is 384 g/mol. The van der Waals surface area contributed by atoms with Crippen molar-refractivity contribution in [2.75, 3.05) is 5.32 Å². The highest BCUT2D eigenvalue weighted by atomic mass is 32.1. The average molecular weight is 384 g/mol. The minimum atomic E-state index is -0.339. The van der Waals surface area contributed by atoms with Crippen LogP contribution in [0.4, 0.5) is 5.13 Å². The molecule has 27 heavy (non-hydrogen) atoms. The van der Waals surface area contributed by atoms with Gasteiger partial charge in [-0.25, -0.2) is 14.3 Å². The molecule has 0 bridgehead atoms. The number of rotatable bonds is 4. The van der Waals surface area contributed by atoms with Crippen molar-refractivity contribution in [3.63, 3.8) is 0 Å². The maximum Gasteiger partial charge on any atom is 0.267 e. The number of hydrogen-bond donors (Lipinski definition) is 1. The third-order valence-electron chi connectivity index (χ3n) is 4.46. The predicted molar refractivity (Wildman–Crippen MR) is 102 cm³/mol. The van der Waals surface area contributed by atoms with Crippen LogP contribution in [0.15, 0.2) is 23.0 Å². The SMILES string of the molecule is Cc1cc(C)n(-c2ccc(=O)n(CC(=O)Nc3nc4c(s3)CCCC4)n2)n1. The fraction of sp³-hybridized carbons (Fsp3) is 0.389. The van der Waals surface area contributed by atoms with Crippen LogP contribution in [-0.4, -0.2) is 30.5 Å². The van der Waals surface area contributed by atoms with E-state index < -0.39 is 0 Å². The second-order valence-electron chi connectivity index (χ2n) is 6.67. The van der Waals surface area contributed by atoms with Crippen LogP contribution in [0.5, 0.6) is 0 Å². The van der Waals surface area contributed by atoms with Gasteiger partial charge in [-0.15, -0.1) is 16.4 Å². The van der Waals surface area contributed by atoms with Crippen molar-refractivity contribution in [2.24, 2.45) is 0 Å². The molecule has 0 aliphatic heterocycles. The molecule has 1 aliphatic carbocycles. The summed E-state index contributed by atoms with van der Waals surface area (Å²) in [7, 11) is 0. The first-order chi connectivity index (χ1) is 13.0. The molecule has 0 spiro atoms. The Morgan fingerprint density at radius 3 is 2.78 bits per heavy atom. The van der Waals surface area contributed by atoms with Crippen LogP contribution in [0.1, 0.15) is 34.8 Å². The summed E-state index contributed by atoms with van der Waals surface area (Å²) in [4.78, 5) is 30.3. The molecule has 8 nitrogen and oxygen atoms in total. The van der Waals surface area contributed by atoms with E-state index in [-0.39, 0.29) is 18.0 Å². The van der Waals surface area contributed by atoms with E-state index in [1.54, 1.807) is 10.7 Å². The Labute approximate surface area is 159 Å². The summed E-state index contributed by atoms with van der Waals surface area (Å²) in [5.41, 5.74) is 2.51. The zero-order valence-electron chi connectivity index (χ0n) is 15.2. The van der Waals surface area contributed by atoms with Crippen molar-refractivity contribution >= 4 is 22.4 Å². The molecule has 0 saturated heterocycles. The predicted octanol–water partition coefficient (Wildman–Crippen LogP) is 2.02. The summed E-state index contributed by atoms with van der Waals surface area (Å²) in [6, 6.07) is 4.92. The fourth-order valence-electron chi connectivity index (χ4n) is 3.23. The molecule has 1 N–H and O–H groups in total. The second kappa shape index (κ2) is 7.07. The highest BCUT2D eigenvalue weighted by Crippen LogP contribution is 2.29. The number of carbonyl (C=O) groups excluding carboxylic acids is 1. The molecule has 3 aromatic heterocycles. The van der Waals surface area contributed by atoms with Crippen molar-refractivity contribution in [2.45, 2.75) is 46.1 Å². The van der Waals surface area contributed by atoms with Crippen LogP contribution in [0.2, 0.25) is 0 Å². The minimum Gasteiger partial charge on any atom is -0.300 e. The number of nitrogens with one attached hydrogen (secondary N) is 1. The van der Waals surface area contributed by atoms with Crippen LogP contribution in [0.3, 0.4) is 0 Å². The minimum absolute atomic E-state index is 0.170. The molecule has 0 atom stereocenters. The summed E-state index contributed by atoms with van der Waals surface area (Å²) >= 11 is 1.52. The average Bonchev–Trinajstić information content (AvgIpc) is 3.18. The number of hydrogen-bond acceptors (Lipinski definition) is 6. The molecule has 0 fully saturated rings. The molecule has 3 heterocycles. The third kappa shape index (κ3) is 3.68. The van der Waals surface area contributed by atoms with Crippen molar-refractivity contribution in [1.82, 2.24) is 24.5 Å². The number of anilines is 1. The molecule has 140 valence electrons. The van der Waals surface area contributed by atoms with Crippen LogP contribution < -0.4 is 10.9 Å². The van der Waals surface area contributed by atoms with Gasteiger partial charge >= 0.3 is 0 Å². The van der Waals surface area contributed by atoms with Crippen molar-refractivity contribution < 1.29 is 4.79 Å². The Morgan fingerprint density at radius 2 is 2.04 bits per heavy atom. The van der Waals surface area contributed by atoms with Gasteiger partial charge in [0.25, 0.3) is 5.56 Å². The van der Waals surface area contributed by atoms with Crippen LogP contribution in [0, 0.1) is 13.8 Å². The molecular formula is C18H20N6O2S. The Morgan fingerprint density at radius 1 is 1.22 bits per heavy atom. The number of nitrogens with zero attached hydrogens (tertiary/aromatic N) is 5. The fourth-order valence-corrected chi connectivity index (χ4v) is 4.29. The Kier molecular flexibility index (Phi) is 4.61. The molecular weight excluding hydrogens is 364 g/mol. The molecule has 1 aliphatic rings.